The van der Waals surface area contributed by atoms with E-state index in [1.54, 1.807) is 12.1 Å². The van der Waals surface area contributed by atoms with Crippen LogP contribution < -0.4 is 0 Å². The smallest absolute Gasteiger partial charge is 0.400 e. The van der Waals surface area contributed by atoms with Gasteiger partial charge in [-0.1, -0.05) is 25.9 Å². The number of nitrogens with zero attached hydrogens (tertiary/aromatic N) is 1. The third-order valence-electron chi connectivity index (χ3n) is 5.47. The zero-order valence-electron chi connectivity index (χ0n) is 11.6. The molecule has 19 heavy (non-hydrogen) atoms. The Morgan fingerprint density at radius 3 is 2.79 bits per heavy atom. The van der Waals surface area contributed by atoms with Crippen LogP contribution in [0.1, 0.15) is 50.6 Å². The number of fused-ring (bicyclic) bond motifs is 2. The van der Waals surface area contributed by atoms with Gasteiger partial charge in [0.25, 0.3) is 0 Å². The monoisotopic (exact) mass is 261 g/mol. The molecule has 1 aromatic heterocycles. The first kappa shape index (κ1) is 12.5. The van der Waals surface area contributed by atoms with Crippen molar-refractivity contribution in [3.63, 3.8) is 0 Å². The molecule has 0 aliphatic heterocycles. The second-order valence-electron chi connectivity index (χ2n) is 6.39. The van der Waals surface area contributed by atoms with Crippen molar-refractivity contribution < 1.29 is 14.0 Å². The molecule has 1 aromatic rings. The maximum atomic E-state index is 11.7. The van der Waals surface area contributed by atoms with E-state index in [1.165, 1.54) is 12.7 Å². The minimum Gasteiger partial charge on any atom is -0.457 e. The van der Waals surface area contributed by atoms with E-state index in [1.807, 2.05) is 0 Å². The Hall–Kier alpha value is -1.58. The van der Waals surface area contributed by atoms with Crippen LogP contribution in [-0.2, 0) is 4.84 Å². The van der Waals surface area contributed by atoms with E-state index in [4.69, 9.17) is 9.25 Å². The lowest BCUT2D eigenvalue weighted by atomic mass is 9.70. The minimum absolute atomic E-state index is 0.0567. The normalized spacial score (nSPS) is 33.8. The standard InChI is InChI=1S/C15H19NO3/c1-14(2)10-6-7-15(14,3)12(9-10)16-19-13(17)11-5-4-8-18-11/h4-5,8,10H,6-7,9H2,1-3H3. The zero-order chi connectivity index (χ0) is 13.7. The molecule has 2 fully saturated rings. The van der Waals surface area contributed by atoms with Crippen molar-refractivity contribution in [2.45, 2.75) is 40.0 Å². The lowest BCUT2D eigenvalue weighted by Gasteiger charge is -2.34. The highest BCUT2D eigenvalue weighted by Crippen LogP contribution is 2.63. The van der Waals surface area contributed by atoms with Crippen LogP contribution >= 0.6 is 0 Å². The van der Waals surface area contributed by atoms with Gasteiger partial charge in [-0.15, -0.1) is 0 Å². The molecule has 0 aromatic carbocycles. The topological polar surface area (TPSA) is 51.8 Å². The molecule has 102 valence electrons. The van der Waals surface area contributed by atoms with Gasteiger partial charge < -0.3 is 9.25 Å². The van der Waals surface area contributed by atoms with Crippen LogP contribution in [0.2, 0.25) is 0 Å². The summed E-state index contributed by atoms with van der Waals surface area (Å²) in [5.74, 6) is 0.317. The summed E-state index contributed by atoms with van der Waals surface area (Å²) in [7, 11) is 0. The number of carbonyl (C=O) groups is 1. The molecule has 2 bridgehead atoms. The number of oxime groups is 1. The number of hydrogen-bond acceptors (Lipinski definition) is 4. The summed E-state index contributed by atoms with van der Waals surface area (Å²) in [6, 6.07) is 3.24. The molecule has 0 radical (unpaired) electrons. The predicted molar refractivity (Wildman–Crippen MR) is 70.8 cm³/mol. The van der Waals surface area contributed by atoms with Gasteiger partial charge >= 0.3 is 5.97 Å². The predicted octanol–water partition coefficient (Wildman–Crippen LogP) is 3.64. The SMILES string of the molecule is CC12CCC(CC1=NOC(=O)c1ccco1)C2(C)C. The van der Waals surface area contributed by atoms with Crippen molar-refractivity contribution >= 4 is 11.7 Å². The van der Waals surface area contributed by atoms with E-state index in [9.17, 15) is 4.79 Å². The van der Waals surface area contributed by atoms with Gasteiger partial charge in [-0.05, 0) is 42.7 Å². The van der Waals surface area contributed by atoms with E-state index >= 15 is 0 Å². The molecule has 2 atom stereocenters. The van der Waals surface area contributed by atoms with E-state index in [0.717, 1.165) is 18.6 Å². The highest BCUT2D eigenvalue weighted by Gasteiger charge is 2.60. The van der Waals surface area contributed by atoms with Crippen molar-refractivity contribution in [1.29, 1.82) is 0 Å². The van der Waals surface area contributed by atoms with Crippen molar-refractivity contribution in [3.05, 3.63) is 24.2 Å². The van der Waals surface area contributed by atoms with Crippen LogP contribution in [0.25, 0.3) is 0 Å². The molecule has 2 saturated carbocycles. The Morgan fingerprint density at radius 1 is 1.47 bits per heavy atom. The van der Waals surface area contributed by atoms with E-state index < -0.39 is 5.97 Å². The summed E-state index contributed by atoms with van der Waals surface area (Å²) in [5, 5.41) is 4.14. The van der Waals surface area contributed by atoms with Gasteiger partial charge in [0.1, 0.15) is 0 Å². The molecule has 0 N–H and O–H groups in total. The Labute approximate surface area is 112 Å². The average Bonchev–Trinajstić information content (AvgIpc) is 3.01. The third kappa shape index (κ3) is 1.66. The van der Waals surface area contributed by atoms with E-state index in [0.29, 0.717) is 5.92 Å². The molecule has 2 unspecified atom stereocenters. The molecular weight excluding hydrogens is 242 g/mol. The Bertz CT molecular complexity index is 530. The number of furan rings is 1. The molecular formula is C15H19NO3. The third-order valence-corrected chi connectivity index (χ3v) is 5.47. The molecule has 0 spiro atoms. The fourth-order valence-electron chi connectivity index (χ4n) is 3.60. The van der Waals surface area contributed by atoms with Crippen LogP contribution in [0.15, 0.2) is 28.0 Å². The summed E-state index contributed by atoms with van der Waals surface area (Å²) < 4.78 is 4.99. The van der Waals surface area contributed by atoms with Gasteiger partial charge in [-0.2, -0.15) is 0 Å². The van der Waals surface area contributed by atoms with Gasteiger partial charge in [0.05, 0.1) is 12.0 Å². The van der Waals surface area contributed by atoms with Crippen LogP contribution in [0.5, 0.6) is 0 Å². The molecule has 2 aliphatic rings. The first-order valence-electron chi connectivity index (χ1n) is 6.77. The number of rotatable bonds is 2. The molecule has 0 saturated heterocycles. The van der Waals surface area contributed by atoms with Crippen LogP contribution in [0.4, 0.5) is 0 Å². The van der Waals surface area contributed by atoms with Crippen LogP contribution in [0, 0.1) is 16.7 Å². The highest BCUT2D eigenvalue weighted by atomic mass is 16.7. The van der Waals surface area contributed by atoms with Crippen LogP contribution in [-0.4, -0.2) is 11.7 Å². The molecule has 2 aliphatic carbocycles. The average molecular weight is 261 g/mol. The van der Waals surface area contributed by atoms with Gasteiger partial charge in [-0.25, -0.2) is 4.79 Å². The molecule has 3 rings (SSSR count). The van der Waals surface area contributed by atoms with Crippen molar-refractivity contribution in [2.75, 3.05) is 0 Å². The quantitative estimate of drug-likeness (QED) is 0.603. The summed E-state index contributed by atoms with van der Waals surface area (Å²) in [6.45, 7) is 6.82. The Morgan fingerprint density at radius 2 is 2.26 bits per heavy atom. The fraction of sp³-hybridized carbons (Fsp3) is 0.600. The van der Waals surface area contributed by atoms with E-state index in [-0.39, 0.29) is 16.6 Å². The van der Waals surface area contributed by atoms with Gasteiger partial charge in [0, 0.05) is 5.41 Å². The second kappa shape index (κ2) is 3.95. The molecule has 0 amide bonds. The summed E-state index contributed by atoms with van der Waals surface area (Å²) in [4.78, 5) is 16.7. The van der Waals surface area contributed by atoms with Crippen molar-refractivity contribution in [3.8, 4) is 0 Å². The second-order valence-corrected chi connectivity index (χ2v) is 6.39. The fourth-order valence-corrected chi connectivity index (χ4v) is 3.60. The van der Waals surface area contributed by atoms with Crippen LogP contribution in [0.3, 0.4) is 0 Å². The summed E-state index contributed by atoms with van der Waals surface area (Å²) in [5.41, 5.74) is 1.32. The van der Waals surface area contributed by atoms with E-state index in [2.05, 4.69) is 25.9 Å². The van der Waals surface area contributed by atoms with Crippen molar-refractivity contribution in [1.82, 2.24) is 0 Å². The molecule has 1 heterocycles. The van der Waals surface area contributed by atoms with Gasteiger partial charge in [0.15, 0.2) is 0 Å². The number of hydrogen-bond donors (Lipinski definition) is 0. The Balaban J connectivity index is 1.78. The minimum atomic E-state index is -0.526. The molecule has 4 nitrogen and oxygen atoms in total. The lowest BCUT2D eigenvalue weighted by Crippen LogP contribution is -2.32. The molecule has 4 heteroatoms. The maximum Gasteiger partial charge on any atom is 0.400 e. The zero-order valence-corrected chi connectivity index (χ0v) is 11.6. The first-order valence-corrected chi connectivity index (χ1v) is 6.77. The van der Waals surface area contributed by atoms with Crippen molar-refractivity contribution in [2.24, 2.45) is 21.9 Å². The summed E-state index contributed by atoms with van der Waals surface area (Å²) >= 11 is 0. The van der Waals surface area contributed by atoms with Gasteiger partial charge in [0.2, 0.25) is 5.76 Å². The largest absolute Gasteiger partial charge is 0.457 e. The Kier molecular flexibility index (Phi) is 2.59. The van der Waals surface area contributed by atoms with Gasteiger partial charge in [-0.3, -0.25) is 0 Å². The lowest BCUT2D eigenvalue weighted by molar-refractivity contribution is 0.0472. The maximum absolute atomic E-state index is 11.7. The highest BCUT2D eigenvalue weighted by molar-refractivity contribution is 5.95. The first-order chi connectivity index (χ1) is 8.95. The number of carbonyl (C=O) groups excluding carboxylic acids is 1. The summed E-state index contributed by atoms with van der Waals surface area (Å²) in [6.07, 6.45) is 4.76.